The molecule has 0 saturated carbocycles. The number of nitrogens with one attached hydrogen (secondary N) is 1. The molecule has 0 amide bonds. The van der Waals surface area contributed by atoms with Gasteiger partial charge in [-0.3, -0.25) is 0 Å². The number of halogens is 1. The Hall–Kier alpha value is -0.780. The number of fused-ring (bicyclic) bond motifs is 1. The fourth-order valence-corrected chi connectivity index (χ4v) is 2.11. The van der Waals surface area contributed by atoms with Crippen molar-refractivity contribution in [1.82, 2.24) is 5.48 Å². The normalized spacial score (nSPS) is 13.9. The van der Waals surface area contributed by atoms with E-state index in [9.17, 15) is 0 Å². The SMILES string of the molecule is CCONCc1cc(Br)c2c(c1)OCCO2. The van der Waals surface area contributed by atoms with Crippen molar-refractivity contribution in [3.05, 3.63) is 22.2 Å². The van der Waals surface area contributed by atoms with Gasteiger partial charge in [0.15, 0.2) is 11.5 Å². The Morgan fingerprint density at radius 3 is 3.00 bits per heavy atom. The average Bonchev–Trinajstić information content (AvgIpc) is 2.30. The molecule has 1 N–H and O–H groups in total. The van der Waals surface area contributed by atoms with Crippen LogP contribution in [0, 0.1) is 0 Å². The molecule has 1 aliphatic heterocycles. The van der Waals surface area contributed by atoms with Crippen LogP contribution in [0.1, 0.15) is 12.5 Å². The van der Waals surface area contributed by atoms with Gasteiger partial charge in [0, 0.05) is 6.54 Å². The second-order valence-electron chi connectivity index (χ2n) is 3.36. The zero-order valence-electron chi connectivity index (χ0n) is 9.09. The monoisotopic (exact) mass is 287 g/mol. The van der Waals surface area contributed by atoms with E-state index in [0.29, 0.717) is 26.4 Å². The van der Waals surface area contributed by atoms with Gasteiger partial charge in [0.05, 0.1) is 11.1 Å². The standard InChI is InChI=1S/C11H14BrNO3/c1-2-16-13-7-8-5-9(12)11-10(6-8)14-3-4-15-11/h5-6,13H,2-4,7H2,1H3. The van der Waals surface area contributed by atoms with Crippen LogP contribution in [0.25, 0.3) is 0 Å². The van der Waals surface area contributed by atoms with Crippen LogP contribution < -0.4 is 15.0 Å². The Kier molecular flexibility index (Phi) is 4.04. The van der Waals surface area contributed by atoms with E-state index in [4.69, 9.17) is 14.3 Å². The summed E-state index contributed by atoms with van der Waals surface area (Å²) in [5.41, 5.74) is 3.96. The topological polar surface area (TPSA) is 39.7 Å². The highest BCUT2D eigenvalue weighted by atomic mass is 79.9. The minimum Gasteiger partial charge on any atom is -0.486 e. The number of ether oxygens (including phenoxy) is 2. The minimum atomic E-state index is 0.599. The summed E-state index contributed by atoms with van der Waals surface area (Å²) < 4.78 is 12.0. The van der Waals surface area contributed by atoms with E-state index in [1.807, 2.05) is 19.1 Å². The van der Waals surface area contributed by atoms with Crippen molar-refractivity contribution in [3.63, 3.8) is 0 Å². The van der Waals surface area contributed by atoms with E-state index in [-0.39, 0.29) is 0 Å². The number of benzene rings is 1. The van der Waals surface area contributed by atoms with Crippen LogP contribution in [0.15, 0.2) is 16.6 Å². The summed E-state index contributed by atoms with van der Waals surface area (Å²) in [5, 5.41) is 0. The van der Waals surface area contributed by atoms with Gasteiger partial charge in [0.1, 0.15) is 13.2 Å². The van der Waals surface area contributed by atoms with Crippen molar-refractivity contribution in [2.75, 3.05) is 19.8 Å². The van der Waals surface area contributed by atoms with Gasteiger partial charge in [-0.05, 0) is 40.5 Å². The Morgan fingerprint density at radius 2 is 2.19 bits per heavy atom. The first-order valence-corrected chi connectivity index (χ1v) is 6.03. The molecule has 1 heterocycles. The summed E-state index contributed by atoms with van der Waals surface area (Å²) in [5.74, 6) is 1.57. The van der Waals surface area contributed by atoms with Crippen LogP contribution in [0.3, 0.4) is 0 Å². The molecule has 1 aromatic carbocycles. The quantitative estimate of drug-likeness (QED) is 0.681. The van der Waals surface area contributed by atoms with Crippen molar-refractivity contribution in [3.8, 4) is 11.5 Å². The van der Waals surface area contributed by atoms with Gasteiger partial charge in [-0.15, -0.1) is 0 Å². The molecule has 0 aromatic heterocycles. The van der Waals surface area contributed by atoms with E-state index in [1.54, 1.807) is 0 Å². The predicted octanol–water partition coefficient (Wildman–Crippen LogP) is 2.26. The smallest absolute Gasteiger partial charge is 0.175 e. The largest absolute Gasteiger partial charge is 0.486 e. The van der Waals surface area contributed by atoms with E-state index >= 15 is 0 Å². The molecule has 4 nitrogen and oxygen atoms in total. The molecule has 0 fully saturated rings. The average molecular weight is 288 g/mol. The molecule has 16 heavy (non-hydrogen) atoms. The van der Waals surface area contributed by atoms with Gasteiger partial charge >= 0.3 is 0 Å². The van der Waals surface area contributed by atoms with E-state index in [2.05, 4.69) is 21.4 Å². The lowest BCUT2D eigenvalue weighted by Gasteiger charge is -2.20. The fraction of sp³-hybridized carbons (Fsp3) is 0.455. The molecule has 0 radical (unpaired) electrons. The van der Waals surface area contributed by atoms with Crippen molar-refractivity contribution in [1.29, 1.82) is 0 Å². The lowest BCUT2D eigenvalue weighted by atomic mass is 10.2. The second-order valence-corrected chi connectivity index (χ2v) is 4.21. The van der Waals surface area contributed by atoms with Gasteiger partial charge in [-0.1, -0.05) is 0 Å². The number of hydrogen-bond donors (Lipinski definition) is 1. The zero-order valence-corrected chi connectivity index (χ0v) is 10.7. The van der Waals surface area contributed by atoms with Gasteiger partial charge < -0.3 is 14.3 Å². The van der Waals surface area contributed by atoms with Crippen molar-refractivity contribution in [2.24, 2.45) is 0 Å². The van der Waals surface area contributed by atoms with Gasteiger partial charge in [0.2, 0.25) is 0 Å². The molecule has 0 aliphatic carbocycles. The highest BCUT2D eigenvalue weighted by molar-refractivity contribution is 9.10. The summed E-state index contributed by atoms with van der Waals surface area (Å²) in [6, 6.07) is 3.96. The molecule has 0 atom stereocenters. The van der Waals surface area contributed by atoms with E-state index < -0.39 is 0 Å². The molecule has 2 rings (SSSR count). The predicted molar refractivity (Wildman–Crippen MR) is 63.6 cm³/mol. The lowest BCUT2D eigenvalue weighted by molar-refractivity contribution is 0.0462. The Bertz CT molecular complexity index is 370. The molecule has 0 unspecified atom stereocenters. The van der Waals surface area contributed by atoms with E-state index in [1.165, 1.54) is 0 Å². The molecular weight excluding hydrogens is 274 g/mol. The van der Waals surface area contributed by atoms with Crippen molar-refractivity contribution < 1.29 is 14.3 Å². The highest BCUT2D eigenvalue weighted by Gasteiger charge is 2.15. The molecule has 0 spiro atoms. The maximum absolute atomic E-state index is 5.53. The first kappa shape index (κ1) is 11.7. The van der Waals surface area contributed by atoms with Crippen LogP contribution in [0.5, 0.6) is 11.5 Å². The third-order valence-electron chi connectivity index (χ3n) is 2.18. The Labute approximate surface area is 103 Å². The van der Waals surface area contributed by atoms with Crippen LogP contribution >= 0.6 is 15.9 Å². The minimum absolute atomic E-state index is 0.599. The summed E-state index contributed by atoms with van der Waals surface area (Å²) in [7, 11) is 0. The van der Waals surface area contributed by atoms with Gasteiger partial charge in [-0.2, -0.15) is 5.48 Å². The van der Waals surface area contributed by atoms with Crippen LogP contribution in [-0.2, 0) is 11.4 Å². The van der Waals surface area contributed by atoms with Crippen molar-refractivity contribution in [2.45, 2.75) is 13.5 Å². The fourth-order valence-electron chi connectivity index (χ4n) is 1.50. The van der Waals surface area contributed by atoms with Crippen LogP contribution in [-0.4, -0.2) is 19.8 Å². The summed E-state index contributed by atoms with van der Waals surface area (Å²) >= 11 is 3.47. The number of hydrogen-bond acceptors (Lipinski definition) is 4. The summed E-state index contributed by atoms with van der Waals surface area (Å²) in [4.78, 5) is 5.08. The first-order chi connectivity index (χ1) is 7.81. The maximum atomic E-state index is 5.53. The number of hydroxylamine groups is 1. The summed E-state index contributed by atoms with van der Waals surface area (Å²) in [6.45, 7) is 4.42. The van der Waals surface area contributed by atoms with Crippen LogP contribution in [0.2, 0.25) is 0 Å². The lowest BCUT2D eigenvalue weighted by Crippen LogP contribution is -2.17. The van der Waals surface area contributed by atoms with Gasteiger partial charge in [0.25, 0.3) is 0 Å². The second kappa shape index (κ2) is 5.52. The molecular formula is C11H14BrNO3. The number of rotatable bonds is 4. The third-order valence-corrected chi connectivity index (χ3v) is 2.77. The maximum Gasteiger partial charge on any atom is 0.175 e. The molecule has 0 bridgehead atoms. The molecule has 1 aliphatic rings. The molecule has 1 aromatic rings. The molecule has 5 heteroatoms. The van der Waals surface area contributed by atoms with E-state index in [0.717, 1.165) is 21.5 Å². The van der Waals surface area contributed by atoms with Crippen molar-refractivity contribution >= 4 is 15.9 Å². The molecule has 0 saturated heterocycles. The van der Waals surface area contributed by atoms with Gasteiger partial charge in [-0.25, -0.2) is 0 Å². The first-order valence-electron chi connectivity index (χ1n) is 5.24. The van der Waals surface area contributed by atoms with Crippen LogP contribution in [0.4, 0.5) is 0 Å². The Morgan fingerprint density at radius 1 is 1.38 bits per heavy atom. The molecule has 88 valence electrons. The highest BCUT2D eigenvalue weighted by Crippen LogP contribution is 2.38. The Balaban J connectivity index is 2.12. The summed E-state index contributed by atoms with van der Waals surface area (Å²) in [6.07, 6.45) is 0. The zero-order chi connectivity index (χ0) is 11.4. The third kappa shape index (κ3) is 2.66.